The van der Waals surface area contributed by atoms with Gasteiger partial charge in [-0.1, -0.05) is 30.3 Å². The number of fused-ring (bicyclic) bond motifs is 3. The standard InChI is InChI=1S/C36H42FN7O2/c1-25-7-3-8-26-9-4-11-29(32(25)26)42-23-30-33(36(24-42)14-15-36)34(39-35(46)44(30)22-27-10-6-18-40(27)2)41-19-20-43(28(21-41)13-17-38)31(45)12-5-16-37/h3-5,7-9,11-12,27-28H,6,10,13-16,18-24H2,1-2H3/b12-5+/t27-,28-/m0/s1. The number of nitrogens with zero attached hydrogens (tertiary/aromatic N) is 7. The molecule has 3 aliphatic heterocycles. The first-order valence-electron chi connectivity index (χ1n) is 16.6. The summed E-state index contributed by atoms with van der Waals surface area (Å²) in [5.74, 6) is 0.431. The first-order chi connectivity index (χ1) is 22.3. The monoisotopic (exact) mass is 623 g/mol. The Balaban J connectivity index is 1.32. The van der Waals surface area contributed by atoms with Gasteiger partial charge in [0.05, 0.1) is 25.1 Å². The van der Waals surface area contributed by atoms with Gasteiger partial charge in [-0.3, -0.25) is 9.36 Å². The molecule has 46 heavy (non-hydrogen) atoms. The predicted octanol–water partition coefficient (Wildman–Crippen LogP) is 4.31. The molecule has 2 aromatic carbocycles. The Kier molecular flexibility index (Phi) is 8.05. The van der Waals surface area contributed by atoms with Gasteiger partial charge < -0.3 is 19.6 Å². The summed E-state index contributed by atoms with van der Waals surface area (Å²) in [4.78, 5) is 40.5. The third-order valence-electron chi connectivity index (χ3n) is 10.7. The van der Waals surface area contributed by atoms with E-state index in [2.05, 4.69) is 71.1 Å². The molecule has 0 N–H and O–H groups in total. The Labute approximate surface area is 269 Å². The maximum absolute atomic E-state index is 14.1. The molecular weight excluding hydrogens is 581 g/mol. The molecular formula is C36H42FN7O2. The fourth-order valence-electron chi connectivity index (χ4n) is 8.17. The average Bonchev–Trinajstić information content (AvgIpc) is 3.70. The van der Waals surface area contributed by atoms with Gasteiger partial charge >= 0.3 is 5.69 Å². The number of alkyl halides is 1. The Hall–Kier alpha value is -4.23. The van der Waals surface area contributed by atoms with Gasteiger partial charge in [0.2, 0.25) is 5.91 Å². The number of benzene rings is 2. The number of halogens is 1. The number of anilines is 2. The Morgan fingerprint density at radius 3 is 2.65 bits per heavy atom. The lowest BCUT2D eigenvalue weighted by Gasteiger charge is -2.44. The van der Waals surface area contributed by atoms with Crippen LogP contribution in [0.25, 0.3) is 10.8 Å². The molecule has 1 spiro atoms. The van der Waals surface area contributed by atoms with Crippen LogP contribution in [0.15, 0.2) is 53.3 Å². The van der Waals surface area contributed by atoms with Crippen molar-refractivity contribution in [3.8, 4) is 6.07 Å². The summed E-state index contributed by atoms with van der Waals surface area (Å²) >= 11 is 0. The van der Waals surface area contributed by atoms with Crippen LogP contribution in [0, 0.1) is 18.3 Å². The summed E-state index contributed by atoms with van der Waals surface area (Å²) in [7, 11) is 2.14. The topological polar surface area (TPSA) is 88.7 Å². The number of carbonyl (C=O) groups excluding carboxylic acids is 1. The number of aromatic nitrogens is 2. The number of hydrogen-bond donors (Lipinski definition) is 0. The van der Waals surface area contributed by atoms with E-state index in [1.807, 2.05) is 4.57 Å². The molecule has 1 aromatic heterocycles. The van der Waals surface area contributed by atoms with Gasteiger partial charge in [0.15, 0.2) is 0 Å². The van der Waals surface area contributed by atoms with E-state index in [0.29, 0.717) is 32.7 Å². The zero-order valence-electron chi connectivity index (χ0n) is 26.8. The van der Waals surface area contributed by atoms with Crippen molar-refractivity contribution in [1.82, 2.24) is 19.4 Å². The third kappa shape index (κ3) is 5.34. The van der Waals surface area contributed by atoms with Gasteiger partial charge in [-0.05, 0) is 69.3 Å². The molecule has 9 nitrogen and oxygen atoms in total. The van der Waals surface area contributed by atoms with Crippen LogP contribution < -0.4 is 15.5 Å². The molecule has 1 amide bonds. The van der Waals surface area contributed by atoms with E-state index >= 15 is 0 Å². The van der Waals surface area contributed by atoms with Crippen molar-refractivity contribution >= 4 is 28.2 Å². The zero-order valence-corrected chi connectivity index (χ0v) is 26.8. The number of rotatable bonds is 7. The summed E-state index contributed by atoms with van der Waals surface area (Å²) in [5.41, 5.74) is 4.30. The summed E-state index contributed by atoms with van der Waals surface area (Å²) in [6.07, 6.45) is 6.83. The molecule has 2 saturated heterocycles. The smallest absolute Gasteiger partial charge is 0.349 e. The van der Waals surface area contributed by atoms with Crippen molar-refractivity contribution in [1.29, 1.82) is 5.26 Å². The minimum atomic E-state index is -0.713. The number of allylic oxidation sites excluding steroid dienone is 1. The highest BCUT2D eigenvalue weighted by atomic mass is 19.1. The maximum atomic E-state index is 14.1. The van der Waals surface area contributed by atoms with E-state index in [1.54, 1.807) is 4.90 Å². The SMILES string of the molecule is Cc1cccc2cccc(N3Cc4c(c(N5CCN(C(=O)/C=C/CF)[C@@H](CC#N)C5)nc(=O)n4C[C@@H]4CCCN4C)C4(CC4)C3)c12. The molecule has 1 saturated carbocycles. The van der Waals surface area contributed by atoms with Gasteiger partial charge in [-0.25, -0.2) is 9.18 Å². The number of amides is 1. The predicted molar refractivity (Wildman–Crippen MR) is 178 cm³/mol. The maximum Gasteiger partial charge on any atom is 0.349 e. The van der Waals surface area contributed by atoms with Gasteiger partial charge in [-0.2, -0.15) is 10.2 Å². The lowest BCUT2D eigenvalue weighted by molar-refractivity contribution is -0.128. The van der Waals surface area contributed by atoms with Crippen LogP contribution in [0.1, 0.15) is 48.9 Å². The number of likely N-dealkylation sites (tertiary alicyclic amines) is 1. The number of hydrogen-bond acceptors (Lipinski definition) is 7. The van der Waals surface area contributed by atoms with Crippen LogP contribution in [-0.2, 0) is 23.3 Å². The highest BCUT2D eigenvalue weighted by molar-refractivity contribution is 5.97. The quantitative estimate of drug-likeness (QED) is 0.363. The van der Waals surface area contributed by atoms with Gasteiger partial charge in [0.25, 0.3) is 0 Å². The van der Waals surface area contributed by atoms with Crippen LogP contribution >= 0.6 is 0 Å². The number of carbonyl (C=O) groups is 1. The zero-order chi connectivity index (χ0) is 32.0. The van der Waals surface area contributed by atoms with Gasteiger partial charge in [-0.15, -0.1) is 0 Å². The van der Waals surface area contributed by atoms with Crippen LogP contribution in [0.5, 0.6) is 0 Å². The second kappa shape index (κ2) is 12.2. The van der Waals surface area contributed by atoms with E-state index in [0.717, 1.165) is 50.3 Å². The summed E-state index contributed by atoms with van der Waals surface area (Å²) in [6.45, 7) is 5.83. The minimum absolute atomic E-state index is 0.126. The first kappa shape index (κ1) is 30.4. The van der Waals surface area contributed by atoms with Crippen molar-refractivity contribution in [2.24, 2.45) is 0 Å². The van der Waals surface area contributed by atoms with Crippen molar-refractivity contribution in [2.45, 2.75) is 69.6 Å². The van der Waals surface area contributed by atoms with E-state index in [4.69, 9.17) is 4.98 Å². The molecule has 0 unspecified atom stereocenters. The molecule has 1 aliphatic carbocycles. The van der Waals surface area contributed by atoms with Crippen LogP contribution in [0.3, 0.4) is 0 Å². The van der Waals surface area contributed by atoms with Crippen LogP contribution in [0.2, 0.25) is 0 Å². The molecule has 7 rings (SSSR count). The number of likely N-dealkylation sites (N-methyl/N-ethyl adjacent to an activating group) is 1. The van der Waals surface area contributed by atoms with E-state index in [1.165, 1.54) is 39.7 Å². The normalized spacial score (nSPS) is 22.5. The highest BCUT2D eigenvalue weighted by Crippen LogP contribution is 2.56. The van der Waals surface area contributed by atoms with Crippen molar-refractivity contribution in [2.75, 3.05) is 56.2 Å². The number of piperazine rings is 1. The summed E-state index contributed by atoms with van der Waals surface area (Å²) in [5, 5.41) is 12.1. The van der Waals surface area contributed by atoms with Crippen LogP contribution in [-0.4, -0.2) is 83.8 Å². The summed E-state index contributed by atoms with van der Waals surface area (Å²) in [6, 6.07) is 15.1. The minimum Gasteiger partial charge on any atom is -0.364 e. The van der Waals surface area contributed by atoms with Crippen LogP contribution in [0.4, 0.5) is 15.9 Å². The van der Waals surface area contributed by atoms with E-state index in [-0.39, 0.29) is 35.5 Å². The second-order valence-electron chi connectivity index (χ2n) is 13.6. The fourth-order valence-corrected chi connectivity index (χ4v) is 8.17. The molecule has 240 valence electrons. The van der Waals surface area contributed by atoms with Gasteiger partial charge in [0, 0.05) is 72.6 Å². The molecule has 4 aliphatic rings. The molecule has 3 aromatic rings. The van der Waals surface area contributed by atoms with Gasteiger partial charge in [0.1, 0.15) is 12.5 Å². The lowest BCUT2D eigenvalue weighted by Crippen LogP contribution is -2.56. The Morgan fingerprint density at radius 1 is 1.13 bits per heavy atom. The van der Waals surface area contributed by atoms with E-state index in [9.17, 15) is 19.2 Å². The van der Waals surface area contributed by atoms with E-state index < -0.39 is 6.67 Å². The number of aryl methyl sites for hydroxylation is 1. The molecule has 0 bridgehead atoms. The fraction of sp³-hybridized carbons (Fsp3) is 0.500. The van der Waals surface area contributed by atoms with Crippen molar-refractivity contribution in [3.63, 3.8) is 0 Å². The molecule has 4 heterocycles. The first-order valence-corrected chi connectivity index (χ1v) is 16.6. The third-order valence-corrected chi connectivity index (χ3v) is 10.7. The Bertz CT molecular complexity index is 1790. The molecule has 10 heteroatoms. The van der Waals surface area contributed by atoms with Crippen molar-refractivity contribution in [3.05, 3.63) is 75.9 Å². The van der Waals surface area contributed by atoms with Crippen molar-refractivity contribution < 1.29 is 9.18 Å². The average molecular weight is 624 g/mol. The number of nitriles is 1. The lowest BCUT2D eigenvalue weighted by atomic mass is 9.88. The molecule has 0 radical (unpaired) electrons. The molecule has 3 fully saturated rings. The highest BCUT2D eigenvalue weighted by Gasteiger charge is 2.53. The Morgan fingerprint density at radius 2 is 1.93 bits per heavy atom. The molecule has 2 atom stereocenters. The summed E-state index contributed by atoms with van der Waals surface area (Å²) < 4.78 is 14.7. The largest absolute Gasteiger partial charge is 0.364 e. The second-order valence-corrected chi connectivity index (χ2v) is 13.6.